The van der Waals surface area contributed by atoms with Gasteiger partial charge < -0.3 is 25.0 Å². The molecule has 2 aromatic rings. The van der Waals surface area contributed by atoms with Crippen LogP contribution in [0.5, 0.6) is 5.75 Å². The number of para-hydroxylation sites is 2. The minimum absolute atomic E-state index is 0.328. The molecule has 0 aliphatic carbocycles. The van der Waals surface area contributed by atoms with Crippen molar-refractivity contribution in [1.29, 1.82) is 0 Å². The molecule has 4 rings (SSSR count). The van der Waals surface area contributed by atoms with E-state index in [9.17, 15) is 0 Å². The lowest BCUT2D eigenvalue weighted by molar-refractivity contribution is 0.193. The van der Waals surface area contributed by atoms with E-state index in [2.05, 4.69) is 31.9 Å². The van der Waals surface area contributed by atoms with Crippen LogP contribution in [0.1, 0.15) is 18.0 Å². The van der Waals surface area contributed by atoms with E-state index in [0.717, 1.165) is 68.8 Å². The van der Waals surface area contributed by atoms with E-state index in [-0.39, 0.29) is 0 Å². The normalized spacial score (nSPS) is 20.4. The first-order valence-corrected chi connectivity index (χ1v) is 9.09. The van der Waals surface area contributed by atoms with Crippen LogP contribution in [0.4, 0.5) is 17.5 Å². The molecule has 1 unspecified atom stereocenters. The van der Waals surface area contributed by atoms with Gasteiger partial charge in [-0.15, -0.1) is 0 Å². The zero-order chi connectivity index (χ0) is 17.9. The maximum Gasteiger partial charge on any atom is 0.222 e. The van der Waals surface area contributed by atoms with Gasteiger partial charge in [-0.2, -0.15) is 4.98 Å². The molecule has 2 fully saturated rings. The zero-order valence-corrected chi connectivity index (χ0v) is 15.1. The number of nitrogens with two attached hydrogens (primary N) is 1. The summed E-state index contributed by atoms with van der Waals surface area (Å²) < 4.78 is 11.0. The third kappa shape index (κ3) is 3.39. The Labute approximate surface area is 153 Å². The van der Waals surface area contributed by atoms with Crippen LogP contribution in [-0.2, 0) is 4.74 Å². The maximum atomic E-state index is 5.97. The average Bonchev–Trinajstić information content (AvgIpc) is 3.22. The van der Waals surface area contributed by atoms with Gasteiger partial charge in [0.1, 0.15) is 11.6 Å². The quantitative estimate of drug-likeness (QED) is 0.897. The molecule has 2 aliphatic rings. The highest BCUT2D eigenvalue weighted by atomic mass is 16.5. The molecule has 26 heavy (non-hydrogen) atoms. The van der Waals surface area contributed by atoms with Gasteiger partial charge in [0.15, 0.2) is 0 Å². The largest absolute Gasteiger partial charge is 0.495 e. The Morgan fingerprint density at radius 2 is 1.88 bits per heavy atom. The summed E-state index contributed by atoms with van der Waals surface area (Å²) in [6.45, 7) is 5.10. The van der Waals surface area contributed by atoms with Crippen LogP contribution in [0.15, 0.2) is 30.3 Å². The average molecular weight is 355 g/mol. The summed E-state index contributed by atoms with van der Waals surface area (Å²) in [5.41, 5.74) is 8.11. The van der Waals surface area contributed by atoms with Gasteiger partial charge in [0, 0.05) is 44.8 Å². The number of ether oxygens (including phenoxy) is 2. The van der Waals surface area contributed by atoms with Crippen molar-refractivity contribution >= 4 is 17.5 Å². The van der Waals surface area contributed by atoms with Crippen molar-refractivity contribution < 1.29 is 9.47 Å². The third-order valence-corrected chi connectivity index (χ3v) is 5.13. The predicted octanol–water partition coefficient (Wildman–Crippen LogP) is 1.90. The number of methoxy groups -OCH3 is 1. The van der Waals surface area contributed by atoms with Gasteiger partial charge in [0.2, 0.25) is 5.95 Å². The molecule has 1 aromatic heterocycles. The number of nitrogens with zero attached hydrogens (tertiary/aromatic N) is 4. The van der Waals surface area contributed by atoms with Crippen molar-refractivity contribution in [3.8, 4) is 5.75 Å². The molecule has 0 amide bonds. The SMILES string of the molecule is COc1ccccc1N1CCN(c2cc(C3CCOC3)nc(N)n2)CC1. The Kier molecular flexibility index (Phi) is 4.79. The predicted molar refractivity (Wildman–Crippen MR) is 102 cm³/mol. The summed E-state index contributed by atoms with van der Waals surface area (Å²) >= 11 is 0. The number of hydrogen-bond acceptors (Lipinski definition) is 7. The number of rotatable bonds is 4. The first kappa shape index (κ1) is 16.9. The number of piperazine rings is 1. The van der Waals surface area contributed by atoms with Crippen LogP contribution in [0.2, 0.25) is 0 Å². The van der Waals surface area contributed by atoms with E-state index < -0.39 is 0 Å². The summed E-state index contributed by atoms with van der Waals surface area (Å²) in [4.78, 5) is 13.5. The van der Waals surface area contributed by atoms with E-state index in [4.69, 9.17) is 15.2 Å². The Hall–Kier alpha value is -2.54. The van der Waals surface area contributed by atoms with Gasteiger partial charge in [-0.3, -0.25) is 0 Å². The lowest BCUT2D eigenvalue weighted by Crippen LogP contribution is -2.47. The van der Waals surface area contributed by atoms with Crippen LogP contribution in [-0.4, -0.2) is 56.5 Å². The molecule has 3 heterocycles. The van der Waals surface area contributed by atoms with Crippen molar-refractivity contribution in [2.45, 2.75) is 12.3 Å². The highest BCUT2D eigenvalue weighted by Gasteiger charge is 2.24. The smallest absolute Gasteiger partial charge is 0.222 e. The van der Waals surface area contributed by atoms with Crippen LogP contribution in [0.25, 0.3) is 0 Å². The van der Waals surface area contributed by atoms with Gasteiger partial charge in [-0.1, -0.05) is 12.1 Å². The lowest BCUT2D eigenvalue weighted by Gasteiger charge is -2.37. The fourth-order valence-electron chi connectivity index (χ4n) is 3.68. The lowest BCUT2D eigenvalue weighted by atomic mass is 10.0. The Balaban J connectivity index is 1.48. The molecule has 1 aromatic carbocycles. The second-order valence-corrected chi connectivity index (χ2v) is 6.72. The highest BCUT2D eigenvalue weighted by Crippen LogP contribution is 2.30. The van der Waals surface area contributed by atoms with Crippen LogP contribution >= 0.6 is 0 Å². The molecule has 2 N–H and O–H groups in total. The summed E-state index contributed by atoms with van der Waals surface area (Å²) in [6.07, 6.45) is 0.997. The number of anilines is 3. The molecule has 2 saturated heterocycles. The fourth-order valence-corrected chi connectivity index (χ4v) is 3.68. The molecule has 7 heteroatoms. The van der Waals surface area contributed by atoms with Crippen molar-refractivity contribution in [3.63, 3.8) is 0 Å². The molecule has 7 nitrogen and oxygen atoms in total. The molecule has 0 radical (unpaired) electrons. The Bertz CT molecular complexity index is 755. The first-order chi connectivity index (χ1) is 12.7. The van der Waals surface area contributed by atoms with E-state index in [1.807, 2.05) is 18.2 Å². The van der Waals surface area contributed by atoms with E-state index in [0.29, 0.717) is 11.9 Å². The molecular formula is C19H25N5O2. The van der Waals surface area contributed by atoms with Crippen molar-refractivity contribution in [3.05, 3.63) is 36.0 Å². The second-order valence-electron chi connectivity index (χ2n) is 6.72. The van der Waals surface area contributed by atoms with E-state index in [1.165, 1.54) is 0 Å². The highest BCUT2D eigenvalue weighted by molar-refractivity contribution is 5.59. The second kappa shape index (κ2) is 7.37. The summed E-state index contributed by atoms with van der Waals surface area (Å²) in [5, 5.41) is 0. The fraction of sp³-hybridized carbons (Fsp3) is 0.474. The molecule has 1 atom stereocenters. The maximum absolute atomic E-state index is 5.97. The minimum atomic E-state index is 0.328. The van der Waals surface area contributed by atoms with Gasteiger partial charge in [-0.05, 0) is 18.6 Å². The monoisotopic (exact) mass is 355 g/mol. The molecule has 2 aliphatic heterocycles. The number of nitrogen functional groups attached to an aromatic ring is 1. The third-order valence-electron chi connectivity index (χ3n) is 5.13. The molecule has 0 saturated carbocycles. The van der Waals surface area contributed by atoms with Crippen LogP contribution in [0, 0.1) is 0 Å². The Morgan fingerprint density at radius 3 is 2.62 bits per heavy atom. The topological polar surface area (TPSA) is 76.7 Å². The summed E-state index contributed by atoms with van der Waals surface area (Å²) in [6, 6.07) is 10.2. The standard InChI is InChI=1S/C19H25N5O2/c1-25-17-5-3-2-4-16(17)23-7-9-24(10-8-23)18-12-15(21-19(20)22-18)14-6-11-26-13-14/h2-5,12,14H,6-11,13H2,1H3,(H2,20,21,22). The summed E-state index contributed by atoms with van der Waals surface area (Å²) in [5.74, 6) is 2.50. The first-order valence-electron chi connectivity index (χ1n) is 9.09. The minimum Gasteiger partial charge on any atom is -0.495 e. The van der Waals surface area contributed by atoms with Gasteiger partial charge >= 0.3 is 0 Å². The van der Waals surface area contributed by atoms with Crippen LogP contribution < -0.4 is 20.3 Å². The van der Waals surface area contributed by atoms with Crippen molar-refractivity contribution in [2.24, 2.45) is 0 Å². The number of benzene rings is 1. The van der Waals surface area contributed by atoms with Gasteiger partial charge in [0.25, 0.3) is 0 Å². The molecule has 138 valence electrons. The Morgan fingerprint density at radius 1 is 1.12 bits per heavy atom. The number of aromatic nitrogens is 2. The molecule has 0 spiro atoms. The zero-order valence-electron chi connectivity index (χ0n) is 15.1. The van der Waals surface area contributed by atoms with E-state index >= 15 is 0 Å². The van der Waals surface area contributed by atoms with Gasteiger partial charge in [-0.25, -0.2) is 4.98 Å². The molecule has 0 bridgehead atoms. The van der Waals surface area contributed by atoms with E-state index in [1.54, 1.807) is 7.11 Å². The number of hydrogen-bond donors (Lipinski definition) is 1. The molecular weight excluding hydrogens is 330 g/mol. The van der Waals surface area contributed by atoms with Crippen molar-refractivity contribution in [1.82, 2.24) is 9.97 Å². The van der Waals surface area contributed by atoms with Gasteiger partial charge in [0.05, 0.1) is 25.1 Å². The van der Waals surface area contributed by atoms with Crippen molar-refractivity contribution in [2.75, 3.05) is 62.0 Å². The van der Waals surface area contributed by atoms with Crippen LogP contribution in [0.3, 0.4) is 0 Å². The summed E-state index contributed by atoms with van der Waals surface area (Å²) in [7, 11) is 1.72.